The van der Waals surface area contributed by atoms with Crippen molar-refractivity contribution in [3.8, 4) is 0 Å². The van der Waals surface area contributed by atoms with Crippen LogP contribution in [0.15, 0.2) is 16.9 Å². The Morgan fingerprint density at radius 3 is 2.29 bits per heavy atom. The molecule has 0 heterocycles. The molecule has 2 unspecified atom stereocenters. The second kappa shape index (κ2) is 1.91. The van der Waals surface area contributed by atoms with Crippen LogP contribution >= 0.6 is 0 Å². The lowest BCUT2D eigenvalue weighted by molar-refractivity contribution is -0.227. The van der Waals surface area contributed by atoms with E-state index in [-0.39, 0.29) is 0 Å². The molecule has 3 rings (SSSR count). The average molecular weight is 188 g/mol. The van der Waals surface area contributed by atoms with E-state index in [4.69, 9.17) is 0 Å². The molecule has 1 spiro atoms. The van der Waals surface area contributed by atoms with Gasteiger partial charge in [-0.2, -0.15) is 0 Å². The normalized spacial score (nSPS) is 45.4. The van der Waals surface area contributed by atoms with Gasteiger partial charge in [0.05, 0.1) is 0 Å². The third-order valence-corrected chi connectivity index (χ3v) is 6.03. The van der Waals surface area contributed by atoms with Gasteiger partial charge in [0.25, 0.3) is 0 Å². The van der Waals surface area contributed by atoms with Crippen molar-refractivity contribution in [2.75, 3.05) is 0 Å². The van der Waals surface area contributed by atoms with Gasteiger partial charge in [-0.05, 0) is 41.7 Å². The fraction of sp³-hybridized carbons (Fsp3) is 0.786. The van der Waals surface area contributed by atoms with Crippen molar-refractivity contribution in [3.63, 3.8) is 0 Å². The Balaban J connectivity index is 2.17. The molecule has 3 aliphatic carbocycles. The summed E-state index contributed by atoms with van der Waals surface area (Å²) in [6.45, 7) is 12.1. The summed E-state index contributed by atoms with van der Waals surface area (Å²) in [4.78, 5) is 0. The van der Waals surface area contributed by atoms with Crippen LogP contribution < -0.4 is 0 Å². The van der Waals surface area contributed by atoms with E-state index < -0.39 is 0 Å². The zero-order valence-corrected chi connectivity index (χ0v) is 9.99. The van der Waals surface area contributed by atoms with Gasteiger partial charge in [0.15, 0.2) is 0 Å². The summed E-state index contributed by atoms with van der Waals surface area (Å²) in [7, 11) is 0. The summed E-state index contributed by atoms with van der Waals surface area (Å²) in [6, 6.07) is 0. The smallest absolute Gasteiger partial charge is 0.0124 e. The molecule has 0 saturated heterocycles. The average Bonchev–Trinajstić information content (AvgIpc) is 2.23. The lowest BCUT2D eigenvalue weighted by Gasteiger charge is -2.75. The fourth-order valence-electron chi connectivity index (χ4n) is 4.76. The van der Waals surface area contributed by atoms with Crippen molar-refractivity contribution in [2.45, 2.75) is 47.5 Å². The minimum atomic E-state index is 0.465. The molecule has 76 valence electrons. The molecule has 0 heteroatoms. The maximum Gasteiger partial charge on any atom is 0.0124 e. The highest BCUT2D eigenvalue weighted by Crippen LogP contribution is 2.82. The van der Waals surface area contributed by atoms with E-state index in [0.29, 0.717) is 16.2 Å². The molecule has 2 fully saturated rings. The Bertz CT molecular complexity index is 388. The highest BCUT2D eigenvalue weighted by molar-refractivity contribution is 5.47. The Hall–Kier alpha value is -0.480. The first-order chi connectivity index (χ1) is 6.36. The molecule has 0 amide bonds. The first-order valence-electron chi connectivity index (χ1n) is 5.82. The maximum atomic E-state index is 3.65. The number of rotatable bonds is 0. The molecular formula is C14H20. The predicted molar refractivity (Wildman–Crippen MR) is 58.9 cm³/mol. The molecule has 0 aromatic carbocycles. The number of hydrogen-bond acceptors (Lipinski definition) is 0. The minimum absolute atomic E-state index is 0.465. The van der Waals surface area contributed by atoms with E-state index in [1.54, 1.807) is 5.57 Å². The quantitative estimate of drug-likeness (QED) is 0.505. The van der Waals surface area contributed by atoms with E-state index in [0.717, 1.165) is 5.92 Å². The summed E-state index contributed by atoms with van der Waals surface area (Å²) in [6.07, 6.45) is 2.72. The number of allylic oxidation sites excluding steroid dienone is 1. The molecule has 0 nitrogen and oxygen atoms in total. The summed E-state index contributed by atoms with van der Waals surface area (Å²) >= 11 is 0. The molecule has 2 atom stereocenters. The van der Waals surface area contributed by atoms with Crippen LogP contribution in [-0.2, 0) is 0 Å². The van der Waals surface area contributed by atoms with Crippen LogP contribution in [0, 0.1) is 22.2 Å². The summed E-state index contributed by atoms with van der Waals surface area (Å²) < 4.78 is 0. The van der Waals surface area contributed by atoms with Crippen molar-refractivity contribution in [1.82, 2.24) is 0 Å². The van der Waals surface area contributed by atoms with Crippen LogP contribution in [0.2, 0.25) is 0 Å². The summed E-state index contributed by atoms with van der Waals surface area (Å²) in [5.74, 6) is 0.800. The minimum Gasteiger partial charge on any atom is -0.122 e. The first kappa shape index (κ1) is 8.80. The van der Waals surface area contributed by atoms with Gasteiger partial charge in [0.2, 0.25) is 0 Å². The summed E-state index contributed by atoms with van der Waals surface area (Å²) in [5.41, 5.74) is 8.30. The van der Waals surface area contributed by atoms with Gasteiger partial charge in [-0.15, -0.1) is 5.73 Å². The largest absolute Gasteiger partial charge is 0.122 e. The van der Waals surface area contributed by atoms with E-state index in [2.05, 4.69) is 40.3 Å². The van der Waals surface area contributed by atoms with Crippen LogP contribution in [0.3, 0.4) is 0 Å². The van der Waals surface area contributed by atoms with Gasteiger partial charge < -0.3 is 0 Å². The lowest BCUT2D eigenvalue weighted by Crippen LogP contribution is -2.70. The van der Waals surface area contributed by atoms with Crippen molar-refractivity contribution in [3.05, 3.63) is 16.9 Å². The Morgan fingerprint density at radius 2 is 1.86 bits per heavy atom. The van der Waals surface area contributed by atoms with E-state index >= 15 is 0 Å². The SMILES string of the molecule is CC1=C=C2CCC23C1C(C)(C)C3(C)C. The maximum absolute atomic E-state index is 3.65. The second-order valence-corrected chi connectivity index (χ2v) is 6.54. The molecule has 0 aromatic rings. The van der Waals surface area contributed by atoms with Crippen molar-refractivity contribution in [2.24, 2.45) is 22.2 Å². The van der Waals surface area contributed by atoms with Crippen molar-refractivity contribution in [1.29, 1.82) is 0 Å². The Morgan fingerprint density at radius 1 is 1.21 bits per heavy atom. The van der Waals surface area contributed by atoms with Crippen LogP contribution in [-0.4, -0.2) is 0 Å². The van der Waals surface area contributed by atoms with Crippen LogP contribution in [0.25, 0.3) is 0 Å². The Labute approximate surface area is 87.1 Å². The van der Waals surface area contributed by atoms with Gasteiger partial charge in [-0.25, -0.2) is 0 Å². The van der Waals surface area contributed by atoms with E-state index in [9.17, 15) is 0 Å². The van der Waals surface area contributed by atoms with Crippen LogP contribution in [0.4, 0.5) is 0 Å². The third-order valence-electron chi connectivity index (χ3n) is 6.03. The molecule has 0 N–H and O–H groups in total. The van der Waals surface area contributed by atoms with E-state index in [1.807, 2.05) is 0 Å². The molecular weight excluding hydrogens is 168 g/mol. The molecule has 3 aliphatic rings. The fourth-order valence-corrected chi connectivity index (χ4v) is 4.76. The van der Waals surface area contributed by atoms with Crippen LogP contribution in [0.5, 0.6) is 0 Å². The monoisotopic (exact) mass is 188 g/mol. The van der Waals surface area contributed by atoms with Gasteiger partial charge >= 0.3 is 0 Å². The molecule has 0 radical (unpaired) electrons. The third kappa shape index (κ3) is 0.520. The van der Waals surface area contributed by atoms with Crippen molar-refractivity contribution >= 4 is 0 Å². The topological polar surface area (TPSA) is 0 Å². The highest BCUT2D eigenvalue weighted by atomic mass is 14.8. The van der Waals surface area contributed by atoms with Crippen LogP contribution in [0.1, 0.15) is 47.5 Å². The lowest BCUT2D eigenvalue weighted by atomic mass is 9.28. The highest BCUT2D eigenvalue weighted by Gasteiger charge is 2.76. The molecule has 0 bridgehead atoms. The predicted octanol–water partition coefficient (Wildman–Crippen LogP) is 3.93. The molecule has 14 heavy (non-hydrogen) atoms. The van der Waals surface area contributed by atoms with Gasteiger partial charge in [0, 0.05) is 11.3 Å². The van der Waals surface area contributed by atoms with Gasteiger partial charge in [-0.3, -0.25) is 0 Å². The standard InChI is InChI=1S/C14H20/c1-9-8-10-6-7-14(10)11(9)12(2,3)13(14,4)5/h11H,6-7H2,1-5H3. The summed E-state index contributed by atoms with van der Waals surface area (Å²) in [5, 5.41) is 0. The zero-order valence-electron chi connectivity index (χ0n) is 9.99. The molecule has 0 aromatic heterocycles. The first-order valence-corrected chi connectivity index (χ1v) is 5.82. The zero-order chi connectivity index (χ0) is 10.4. The Kier molecular flexibility index (Phi) is 1.20. The van der Waals surface area contributed by atoms with Gasteiger partial charge in [-0.1, -0.05) is 27.7 Å². The van der Waals surface area contributed by atoms with Gasteiger partial charge in [0.1, 0.15) is 0 Å². The molecule has 2 saturated carbocycles. The van der Waals surface area contributed by atoms with Crippen molar-refractivity contribution < 1.29 is 0 Å². The molecule has 0 aliphatic heterocycles. The number of hydrogen-bond donors (Lipinski definition) is 0. The second-order valence-electron chi connectivity index (χ2n) is 6.54. The van der Waals surface area contributed by atoms with E-state index in [1.165, 1.54) is 18.4 Å².